The Kier molecular flexibility index (Phi) is 5.12. The summed E-state index contributed by atoms with van der Waals surface area (Å²) in [5, 5.41) is 13.5. The van der Waals surface area contributed by atoms with E-state index in [0.717, 1.165) is 5.57 Å². The van der Waals surface area contributed by atoms with Crippen LogP contribution in [0.4, 0.5) is 17.1 Å². The summed E-state index contributed by atoms with van der Waals surface area (Å²) in [5.74, 6) is -0.0613. The van der Waals surface area contributed by atoms with Crippen LogP contribution in [0.5, 0.6) is 5.75 Å². The molecular formula is C20H19N3O5. The van der Waals surface area contributed by atoms with Gasteiger partial charge < -0.3 is 15.0 Å². The van der Waals surface area contributed by atoms with Crippen molar-refractivity contribution in [2.75, 3.05) is 16.8 Å². The predicted molar refractivity (Wildman–Crippen MR) is 105 cm³/mol. The molecule has 1 unspecified atom stereocenters. The average Bonchev–Trinajstić information content (AvgIpc) is 2.65. The lowest BCUT2D eigenvalue weighted by Gasteiger charge is -2.33. The van der Waals surface area contributed by atoms with Gasteiger partial charge in [-0.2, -0.15) is 0 Å². The molecule has 0 bridgehead atoms. The maximum absolute atomic E-state index is 12.5. The van der Waals surface area contributed by atoms with E-state index in [1.165, 1.54) is 24.3 Å². The van der Waals surface area contributed by atoms with E-state index in [9.17, 15) is 19.7 Å². The Morgan fingerprint density at radius 1 is 1.29 bits per heavy atom. The standard InChI is InChI=1S/C20H19N3O5/c1-12(2)11-22-17-10-15(6-9-18(17)28-13(3)20(22)25)21-19(24)14-4-7-16(8-5-14)23(26)27/h4-10,13H,1,11H2,2-3H3,(H,21,24). The quantitative estimate of drug-likeness (QED) is 0.485. The molecule has 0 aliphatic carbocycles. The second-order valence-corrected chi connectivity index (χ2v) is 6.58. The number of hydrogen-bond acceptors (Lipinski definition) is 5. The van der Waals surface area contributed by atoms with Gasteiger partial charge in [-0.15, -0.1) is 0 Å². The van der Waals surface area contributed by atoms with Crippen LogP contribution in [0.2, 0.25) is 0 Å². The first-order valence-electron chi connectivity index (χ1n) is 8.58. The highest BCUT2D eigenvalue weighted by molar-refractivity contribution is 6.06. The second kappa shape index (κ2) is 7.51. The fraction of sp³-hybridized carbons (Fsp3) is 0.200. The summed E-state index contributed by atoms with van der Waals surface area (Å²) >= 11 is 0. The number of benzene rings is 2. The van der Waals surface area contributed by atoms with Gasteiger partial charge in [0.05, 0.1) is 10.6 Å². The molecule has 0 saturated carbocycles. The number of nitrogens with zero attached hydrogens (tertiary/aromatic N) is 2. The number of rotatable bonds is 5. The van der Waals surface area contributed by atoms with Crippen molar-refractivity contribution in [2.24, 2.45) is 0 Å². The summed E-state index contributed by atoms with van der Waals surface area (Å²) in [4.78, 5) is 36.7. The monoisotopic (exact) mass is 381 g/mol. The molecule has 0 radical (unpaired) electrons. The highest BCUT2D eigenvalue weighted by Crippen LogP contribution is 2.36. The summed E-state index contributed by atoms with van der Waals surface area (Å²) in [7, 11) is 0. The molecule has 0 spiro atoms. The van der Waals surface area contributed by atoms with E-state index in [0.29, 0.717) is 23.7 Å². The number of nitrogens with one attached hydrogen (secondary N) is 1. The number of nitro groups is 1. The van der Waals surface area contributed by atoms with Gasteiger partial charge in [-0.25, -0.2) is 0 Å². The van der Waals surface area contributed by atoms with Crippen molar-refractivity contribution in [3.63, 3.8) is 0 Å². The smallest absolute Gasteiger partial charge is 0.269 e. The second-order valence-electron chi connectivity index (χ2n) is 6.58. The van der Waals surface area contributed by atoms with Gasteiger partial charge in [0.2, 0.25) is 0 Å². The van der Waals surface area contributed by atoms with Gasteiger partial charge >= 0.3 is 0 Å². The van der Waals surface area contributed by atoms with Gasteiger partial charge in [-0.1, -0.05) is 12.2 Å². The zero-order valence-corrected chi connectivity index (χ0v) is 15.5. The Hall–Kier alpha value is -3.68. The van der Waals surface area contributed by atoms with E-state index in [-0.39, 0.29) is 17.2 Å². The SMILES string of the molecule is C=C(C)CN1C(=O)C(C)Oc2ccc(NC(=O)c3ccc([N+](=O)[O-])cc3)cc21. The number of hydrogen-bond donors (Lipinski definition) is 1. The first-order valence-corrected chi connectivity index (χ1v) is 8.58. The van der Waals surface area contributed by atoms with Crippen LogP contribution >= 0.6 is 0 Å². The molecule has 1 aliphatic heterocycles. The molecule has 1 atom stereocenters. The molecule has 3 rings (SSSR count). The van der Waals surface area contributed by atoms with E-state index in [4.69, 9.17) is 4.74 Å². The number of carbonyl (C=O) groups is 2. The fourth-order valence-corrected chi connectivity index (χ4v) is 2.86. The first-order chi connectivity index (χ1) is 13.3. The van der Waals surface area contributed by atoms with Gasteiger partial charge in [-0.05, 0) is 44.2 Å². The third-order valence-electron chi connectivity index (χ3n) is 4.19. The van der Waals surface area contributed by atoms with Gasteiger partial charge in [0.15, 0.2) is 6.10 Å². The minimum atomic E-state index is -0.604. The summed E-state index contributed by atoms with van der Waals surface area (Å²) in [6.45, 7) is 7.71. The lowest BCUT2D eigenvalue weighted by Crippen LogP contribution is -2.45. The Morgan fingerprint density at radius 3 is 2.57 bits per heavy atom. The predicted octanol–water partition coefficient (Wildman–Crippen LogP) is 3.54. The summed E-state index contributed by atoms with van der Waals surface area (Å²) < 4.78 is 5.64. The molecule has 1 N–H and O–H groups in total. The molecule has 1 aliphatic rings. The molecular weight excluding hydrogens is 362 g/mol. The van der Waals surface area contributed by atoms with Crippen LogP contribution in [0.3, 0.4) is 0 Å². The number of anilines is 2. The van der Waals surface area contributed by atoms with Crippen molar-refractivity contribution in [2.45, 2.75) is 20.0 Å². The maximum atomic E-state index is 12.5. The molecule has 144 valence electrons. The number of fused-ring (bicyclic) bond motifs is 1. The summed E-state index contributed by atoms with van der Waals surface area (Å²) in [6.07, 6.45) is -0.604. The number of carbonyl (C=O) groups excluding carboxylic acids is 2. The van der Waals surface area contributed by atoms with Gasteiger partial charge in [-0.3, -0.25) is 19.7 Å². The highest BCUT2D eigenvalue weighted by Gasteiger charge is 2.31. The number of ether oxygens (including phenoxy) is 1. The Bertz CT molecular complexity index is 968. The summed E-state index contributed by atoms with van der Waals surface area (Å²) in [6, 6.07) is 10.3. The molecule has 0 saturated heterocycles. The zero-order chi connectivity index (χ0) is 20.4. The lowest BCUT2D eigenvalue weighted by molar-refractivity contribution is -0.384. The van der Waals surface area contributed by atoms with Crippen LogP contribution in [0.25, 0.3) is 0 Å². The minimum absolute atomic E-state index is 0.0921. The normalized spacial score (nSPS) is 15.4. The molecule has 0 fully saturated rings. The Morgan fingerprint density at radius 2 is 1.96 bits per heavy atom. The minimum Gasteiger partial charge on any atom is -0.479 e. The molecule has 8 heteroatoms. The van der Waals surface area contributed by atoms with E-state index < -0.39 is 16.9 Å². The van der Waals surface area contributed by atoms with Crippen molar-refractivity contribution in [1.29, 1.82) is 0 Å². The van der Waals surface area contributed by atoms with Gasteiger partial charge in [0, 0.05) is 29.9 Å². The maximum Gasteiger partial charge on any atom is 0.269 e. The molecule has 2 aromatic carbocycles. The largest absolute Gasteiger partial charge is 0.479 e. The third kappa shape index (κ3) is 3.85. The van der Waals surface area contributed by atoms with Crippen molar-refractivity contribution in [1.82, 2.24) is 0 Å². The van der Waals surface area contributed by atoms with E-state index in [1.807, 2.05) is 6.92 Å². The van der Waals surface area contributed by atoms with Crippen LogP contribution in [0.1, 0.15) is 24.2 Å². The van der Waals surface area contributed by atoms with Crippen LogP contribution < -0.4 is 15.0 Å². The molecule has 2 aromatic rings. The van der Waals surface area contributed by atoms with Crippen LogP contribution in [0.15, 0.2) is 54.6 Å². The molecule has 28 heavy (non-hydrogen) atoms. The van der Waals surface area contributed by atoms with E-state index in [1.54, 1.807) is 30.0 Å². The third-order valence-corrected chi connectivity index (χ3v) is 4.19. The summed E-state index contributed by atoms with van der Waals surface area (Å²) in [5.41, 5.74) is 2.02. The van der Waals surface area contributed by atoms with E-state index in [2.05, 4.69) is 11.9 Å². The van der Waals surface area contributed by atoms with Crippen molar-refractivity contribution in [3.05, 3.63) is 70.3 Å². The Labute approximate surface area is 161 Å². The average molecular weight is 381 g/mol. The van der Waals surface area contributed by atoms with Gasteiger partial charge in [0.1, 0.15) is 5.75 Å². The van der Waals surface area contributed by atoms with E-state index >= 15 is 0 Å². The topological polar surface area (TPSA) is 102 Å². The molecule has 1 heterocycles. The molecule has 2 amide bonds. The van der Waals surface area contributed by atoms with Gasteiger partial charge in [0.25, 0.3) is 17.5 Å². The number of nitro benzene ring substituents is 1. The number of amides is 2. The lowest BCUT2D eigenvalue weighted by atomic mass is 10.1. The molecule has 8 nitrogen and oxygen atoms in total. The Balaban J connectivity index is 1.85. The van der Waals surface area contributed by atoms with Crippen LogP contribution in [0, 0.1) is 10.1 Å². The fourth-order valence-electron chi connectivity index (χ4n) is 2.86. The van der Waals surface area contributed by atoms with Crippen LogP contribution in [-0.2, 0) is 4.79 Å². The zero-order valence-electron chi connectivity index (χ0n) is 15.5. The van der Waals surface area contributed by atoms with Crippen molar-refractivity contribution < 1.29 is 19.2 Å². The van der Waals surface area contributed by atoms with Crippen LogP contribution in [-0.4, -0.2) is 29.4 Å². The first kappa shape index (κ1) is 19.1. The highest BCUT2D eigenvalue weighted by atomic mass is 16.6. The number of non-ortho nitro benzene ring substituents is 1. The van der Waals surface area contributed by atoms with Crippen molar-refractivity contribution >= 4 is 28.9 Å². The molecule has 0 aromatic heterocycles. The van der Waals surface area contributed by atoms with Crippen molar-refractivity contribution in [3.8, 4) is 5.75 Å².